The number of nitrogens with zero attached hydrogens (tertiary/aromatic N) is 2. The number of ether oxygens (including phenoxy) is 2. The third-order valence-corrected chi connectivity index (χ3v) is 3.27. The van der Waals surface area contributed by atoms with Crippen LogP contribution in [0.5, 0.6) is 5.75 Å². The van der Waals surface area contributed by atoms with Crippen molar-refractivity contribution in [1.29, 1.82) is 5.26 Å². The molecule has 5 heteroatoms. The van der Waals surface area contributed by atoms with Crippen molar-refractivity contribution in [1.82, 2.24) is 4.90 Å². The molecule has 0 N–H and O–H groups in total. The highest BCUT2D eigenvalue weighted by atomic mass is 16.5. The number of rotatable bonds is 3. The Morgan fingerprint density at radius 1 is 1.48 bits per heavy atom. The van der Waals surface area contributed by atoms with E-state index >= 15 is 0 Å². The van der Waals surface area contributed by atoms with Gasteiger partial charge in [0.1, 0.15) is 5.75 Å². The lowest BCUT2D eigenvalue weighted by atomic mass is 10.1. The Kier molecular flexibility index (Phi) is 4.49. The molecule has 1 heterocycles. The van der Waals surface area contributed by atoms with Crippen LogP contribution in [0.1, 0.15) is 26.3 Å². The predicted molar refractivity (Wildman–Crippen MR) is 77.9 cm³/mol. The quantitative estimate of drug-likeness (QED) is 0.853. The van der Waals surface area contributed by atoms with E-state index in [4.69, 9.17) is 14.7 Å². The number of carbonyl (C=O) groups excluding carboxylic acids is 1. The van der Waals surface area contributed by atoms with Crippen LogP contribution in [-0.4, -0.2) is 42.2 Å². The van der Waals surface area contributed by atoms with Gasteiger partial charge in [-0.3, -0.25) is 4.79 Å². The largest absolute Gasteiger partial charge is 0.484 e. The van der Waals surface area contributed by atoms with Crippen LogP contribution in [0.3, 0.4) is 0 Å². The highest BCUT2D eigenvalue weighted by molar-refractivity contribution is 5.78. The molecule has 0 spiro atoms. The van der Waals surface area contributed by atoms with Gasteiger partial charge < -0.3 is 14.4 Å². The summed E-state index contributed by atoms with van der Waals surface area (Å²) in [7, 11) is 0. The van der Waals surface area contributed by atoms with Gasteiger partial charge in [0.2, 0.25) is 0 Å². The van der Waals surface area contributed by atoms with Gasteiger partial charge >= 0.3 is 0 Å². The van der Waals surface area contributed by atoms with Gasteiger partial charge in [0, 0.05) is 13.1 Å². The first-order chi connectivity index (χ1) is 9.89. The summed E-state index contributed by atoms with van der Waals surface area (Å²) in [6, 6.07) is 8.76. The lowest BCUT2D eigenvalue weighted by Crippen LogP contribution is -2.54. The number of carbonyl (C=O) groups is 1. The molecule has 1 aromatic rings. The molecule has 1 fully saturated rings. The van der Waals surface area contributed by atoms with Gasteiger partial charge in [-0.05, 0) is 45.0 Å². The van der Waals surface area contributed by atoms with Crippen LogP contribution in [0.15, 0.2) is 24.3 Å². The molecule has 1 unspecified atom stereocenters. The molecule has 0 radical (unpaired) electrons. The fourth-order valence-electron chi connectivity index (χ4n) is 2.51. The molecule has 2 rings (SSSR count). The Balaban J connectivity index is 1.90. The van der Waals surface area contributed by atoms with Gasteiger partial charge in [-0.15, -0.1) is 0 Å². The third-order valence-electron chi connectivity index (χ3n) is 3.27. The number of nitriles is 1. The molecule has 0 aliphatic carbocycles. The molecule has 0 aromatic heterocycles. The fourth-order valence-corrected chi connectivity index (χ4v) is 2.51. The third kappa shape index (κ3) is 4.20. The Labute approximate surface area is 125 Å². The number of hydrogen-bond donors (Lipinski definition) is 0. The van der Waals surface area contributed by atoms with Crippen molar-refractivity contribution in [2.75, 3.05) is 19.7 Å². The first-order valence-electron chi connectivity index (χ1n) is 6.98. The predicted octanol–water partition coefficient (Wildman–Crippen LogP) is 1.96. The lowest BCUT2D eigenvalue weighted by Gasteiger charge is -2.41. The van der Waals surface area contributed by atoms with E-state index in [-0.39, 0.29) is 24.2 Å². The summed E-state index contributed by atoms with van der Waals surface area (Å²) < 4.78 is 11.3. The van der Waals surface area contributed by atoms with E-state index in [0.717, 1.165) is 0 Å². The normalized spacial score (nSPS) is 20.7. The van der Waals surface area contributed by atoms with Crippen LogP contribution in [0.2, 0.25) is 0 Å². The van der Waals surface area contributed by atoms with Crippen molar-refractivity contribution in [2.24, 2.45) is 0 Å². The summed E-state index contributed by atoms with van der Waals surface area (Å²) >= 11 is 0. The second-order valence-corrected chi connectivity index (χ2v) is 5.89. The van der Waals surface area contributed by atoms with E-state index in [0.29, 0.717) is 24.4 Å². The standard InChI is InChI=1S/C16H20N2O3/c1-12-9-18(11-16(2,3)21-12)15(19)10-20-14-6-4-13(8-17)5-7-14/h4-7,12H,9-11H2,1-3H3. The molecule has 1 saturated heterocycles. The first kappa shape index (κ1) is 15.3. The molecule has 1 amide bonds. The van der Waals surface area contributed by atoms with Crippen molar-refractivity contribution in [2.45, 2.75) is 32.5 Å². The molecule has 1 atom stereocenters. The summed E-state index contributed by atoms with van der Waals surface area (Å²) in [5, 5.41) is 8.73. The molecule has 21 heavy (non-hydrogen) atoms. The Morgan fingerprint density at radius 2 is 2.14 bits per heavy atom. The van der Waals surface area contributed by atoms with Crippen LogP contribution in [-0.2, 0) is 9.53 Å². The average Bonchev–Trinajstić information content (AvgIpc) is 2.43. The summed E-state index contributed by atoms with van der Waals surface area (Å²) in [6.45, 7) is 7.05. The Morgan fingerprint density at radius 3 is 2.71 bits per heavy atom. The van der Waals surface area contributed by atoms with E-state index in [9.17, 15) is 4.79 Å². The molecule has 1 aliphatic heterocycles. The van der Waals surface area contributed by atoms with Crippen LogP contribution in [0.25, 0.3) is 0 Å². The molecule has 112 valence electrons. The minimum atomic E-state index is -0.332. The minimum Gasteiger partial charge on any atom is -0.484 e. The first-order valence-corrected chi connectivity index (χ1v) is 6.98. The van der Waals surface area contributed by atoms with Crippen molar-refractivity contribution >= 4 is 5.91 Å². The SMILES string of the molecule is CC1CN(C(=O)COc2ccc(C#N)cc2)CC(C)(C)O1. The number of benzene rings is 1. The number of hydrogen-bond acceptors (Lipinski definition) is 4. The van der Waals surface area contributed by atoms with Crippen molar-refractivity contribution in [3.8, 4) is 11.8 Å². The molecule has 5 nitrogen and oxygen atoms in total. The smallest absolute Gasteiger partial charge is 0.260 e. The summed E-state index contributed by atoms with van der Waals surface area (Å²) in [4.78, 5) is 14.0. The van der Waals surface area contributed by atoms with Gasteiger partial charge in [0.05, 0.1) is 23.3 Å². The van der Waals surface area contributed by atoms with E-state index < -0.39 is 0 Å². The Hall–Kier alpha value is -2.06. The zero-order chi connectivity index (χ0) is 15.5. The monoisotopic (exact) mass is 288 g/mol. The second kappa shape index (κ2) is 6.15. The maximum absolute atomic E-state index is 12.2. The maximum atomic E-state index is 12.2. The highest BCUT2D eigenvalue weighted by Crippen LogP contribution is 2.21. The van der Waals surface area contributed by atoms with Crippen molar-refractivity contribution in [3.63, 3.8) is 0 Å². The molecule has 1 aromatic carbocycles. The van der Waals surface area contributed by atoms with Gasteiger partial charge in [-0.2, -0.15) is 5.26 Å². The van der Waals surface area contributed by atoms with Crippen LogP contribution in [0, 0.1) is 11.3 Å². The van der Waals surface area contributed by atoms with Crippen molar-refractivity contribution in [3.05, 3.63) is 29.8 Å². The maximum Gasteiger partial charge on any atom is 0.260 e. The topological polar surface area (TPSA) is 62.6 Å². The molecule has 0 saturated carbocycles. The van der Waals surface area contributed by atoms with Crippen molar-refractivity contribution < 1.29 is 14.3 Å². The zero-order valence-electron chi connectivity index (χ0n) is 12.6. The fraction of sp³-hybridized carbons (Fsp3) is 0.500. The average molecular weight is 288 g/mol. The van der Waals surface area contributed by atoms with Gasteiger partial charge in [-0.25, -0.2) is 0 Å². The van der Waals surface area contributed by atoms with Crippen LogP contribution >= 0.6 is 0 Å². The summed E-state index contributed by atoms with van der Waals surface area (Å²) in [6.07, 6.45) is 0.0209. The van der Waals surface area contributed by atoms with Gasteiger partial charge in [0.15, 0.2) is 6.61 Å². The van der Waals surface area contributed by atoms with Crippen LogP contribution < -0.4 is 4.74 Å². The second-order valence-electron chi connectivity index (χ2n) is 5.89. The molecule has 1 aliphatic rings. The summed E-state index contributed by atoms with van der Waals surface area (Å²) in [5.41, 5.74) is 0.235. The van der Waals surface area contributed by atoms with E-state index in [1.807, 2.05) is 26.8 Å². The highest BCUT2D eigenvalue weighted by Gasteiger charge is 2.33. The zero-order valence-corrected chi connectivity index (χ0v) is 12.6. The molecular weight excluding hydrogens is 268 g/mol. The minimum absolute atomic E-state index is 0.00526. The Bertz CT molecular complexity index is 546. The summed E-state index contributed by atoms with van der Waals surface area (Å²) in [5.74, 6) is 0.533. The lowest BCUT2D eigenvalue weighted by molar-refractivity contribution is -0.159. The number of morpholine rings is 1. The van der Waals surface area contributed by atoms with Crippen LogP contribution in [0.4, 0.5) is 0 Å². The molecular formula is C16H20N2O3. The van der Waals surface area contributed by atoms with Gasteiger partial charge in [-0.1, -0.05) is 0 Å². The number of amides is 1. The van der Waals surface area contributed by atoms with E-state index in [2.05, 4.69) is 0 Å². The molecule has 0 bridgehead atoms. The van der Waals surface area contributed by atoms with E-state index in [1.165, 1.54) is 0 Å². The van der Waals surface area contributed by atoms with Gasteiger partial charge in [0.25, 0.3) is 5.91 Å². The van der Waals surface area contributed by atoms with E-state index in [1.54, 1.807) is 29.2 Å².